The summed E-state index contributed by atoms with van der Waals surface area (Å²) >= 11 is 1.63. The average molecular weight is 343 g/mol. The summed E-state index contributed by atoms with van der Waals surface area (Å²) in [5.74, 6) is 0.854. The summed E-state index contributed by atoms with van der Waals surface area (Å²) in [6.45, 7) is 10.2. The molecule has 1 heterocycles. The second kappa shape index (κ2) is 9.20. The third-order valence-electron chi connectivity index (χ3n) is 3.53. The van der Waals surface area contributed by atoms with Gasteiger partial charge in [-0.2, -0.15) is 0 Å². The van der Waals surface area contributed by atoms with E-state index in [0.29, 0.717) is 13.1 Å². The van der Waals surface area contributed by atoms with Crippen LogP contribution in [0.2, 0.25) is 0 Å². The van der Waals surface area contributed by atoms with E-state index in [1.807, 2.05) is 27.8 Å². The number of thiazole rings is 1. The molecule has 0 aliphatic rings. The summed E-state index contributed by atoms with van der Waals surface area (Å²) < 4.78 is 10.7. The summed E-state index contributed by atoms with van der Waals surface area (Å²) in [5, 5.41) is 6.38. The molecule has 0 aliphatic heterocycles. The van der Waals surface area contributed by atoms with Gasteiger partial charge in [0.2, 0.25) is 0 Å². The van der Waals surface area contributed by atoms with Crippen LogP contribution in [-0.4, -0.2) is 55.8 Å². The molecule has 0 spiro atoms. The Balaban J connectivity index is 2.76. The number of nitrogens with one attached hydrogen (secondary N) is 1. The number of aliphatic imine (C=N–C) groups is 1. The van der Waals surface area contributed by atoms with E-state index >= 15 is 0 Å². The van der Waals surface area contributed by atoms with Crippen LogP contribution in [0.25, 0.3) is 0 Å². The first kappa shape index (κ1) is 19.9. The highest BCUT2D eigenvalue weighted by molar-refractivity contribution is 7.09. The average Bonchev–Trinajstić information content (AvgIpc) is 2.99. The molecule has 1 N–H and O–H groups in total. The Labute approximate surface area is 143 Å². The molecule has 7 heteroatoms. The lowest BCUT2D eigenvalue weighted by atomic mass is 10.1. The van der Waals surface area contributed by atoms with Crippen molar-refractivity contribution in [1.29, 1.82) is 0 Å². The molecule has 0 aliphatic carbocycles. The molecule has 1 rings (SSSR count). The minimum absolute atomic E-state index is 0.0310. The van der Waals surface area contributed by atoms with Crippen molar-refractivity contribution in [3.63, 3.8) is 0 Å². The smallest absolute Gasteiger partial charge is 0.194 e. The third kappa shape index (κ3) is 6.45. The second-order valence-electron chi connectivity index (χ2n) is 6.05. The first-order valence-electron chi connectivity index (χ1n) is 7.84. The Morgan fingerprint density at radius 3 is 2.74 bits per heavy atom. The van der Waals surface area contributed by atoms with Gasteiger partial charge in [0.15, 0.2) is 5.96 Å². The van der Waals surface area contributed by atoms with Gasteiger partial charge >= 0.3 is 0 Å². The van der Waals surface area contributed by atoms with Crippen LogP contribution in [0.4, 0.5) is 0 Å². The number of ether oxygens (including phenoxy) is 2. The monoisotopic (exact) mass is 342 g/mol. The van der Waals surface area contributed by atoms with Crippen molar-refractivity contribution in [2.75, 3.05) is 34.4 Å². The quantitative estimate of drug-likeness (QED) is 0.581. The maximum atomic E-state index is 5.43. The van der Waals surface area contributed by atoms with Gasteiger partial charge in [0.25, 0.3) is 0 Å². The van der Waals surface area contributed by atoms with Gasteiger partial charge in [-0.1, -0.05) is 0 Å². The van der Waals surface area contributed by atoms with Gasteiger partial charge in [0.05, 0.1) is 24.4 Å². The van der Waals surface area contributed by atoms with E-state index in [9.17, 15) is 0 Å². The highest BCUT2D eigenvalue weighted by Crippen LogP contribution is 2.21. The predicted octanol–water partition coefficient (Wildman–Crippen LogP) is 2.67. The van der Waals surface area contributed by atoms with Gasteiger partial charge in [-0.25, -0.2) is 4.98 Å². The Hall–Kier alpha value is -1.18. The van der Waals surface area contributed by atoms with E-state index in [1.54, 1.807) is 25.6 Å². The van der Waals surface area contributed by atoms with Crippen molar-refractivity contribution in [2.45, 2.75) is 45.9 Å². The molecule has 6 nitrogen and oxygen atoms in total. The summed E-state index contributed by atoms with van der Waals surface area (Å²) in [6, 6.07) is 0. The SMILES string of the molecule is CCNC(=NCC(C)(C)OC)N(C)Cc1csc(C(C)OC)n1. The van der Waals surface area contributed by atoms with E-state index < -0.39 is 0 Å². The van der Waals surface area contributed by atoms with Crippen LogP contribution in [-0.2, 0) is 16.0 Å². The number of hydrogen-bond donors (Lipinski definition) is 1. The van der Waals surface area contributed by atoms with Gasteiger partial charge in [-0.05, 0) is 27.7 Å². The number of nitrogens with zero attached hydrogens (tertiary/aromatic N) is 3. The normalized spacial score (nSPS) is 14.0. The first-order chi connectivity index (χ1) is 10.8. The third-order valence-corrected chi connectivity index (χ3v) is 4.58. The zero-order chi connectivity index (χ0) is 17.5. The van der Waals surface area contributed by atoms with Crippen molar-refractivity contribution in [3.8, 4) is 0 Å². The molecule has 1 aromatic heterocycles. The van der Waals surface area contributed by atoms with Gasteiger partial charge in [-0.3, -0.25) is 4.99 Å². The fourth-order valence-corrected chi connectivity index (χ4v) is 2.64. The fraction of sp³-hybridized carbons (Fsp3) is 0.750. The Morgan fingerprint density at radius 2 is 2.17 bits per heavy atom. The largest absolute Gasteiger partial charge is 0.377 e. The van der Waals surface area contributed by atoms with E-state index in [0.717, 1.165) is 23.2 Å². The number of rotatable bonds is 8. The zero-order valence-electron chi connectivity index (χ0n) is 15.3. The molecule has 23 heavy (non-hydrogen) atoms. The minimum atomic E-state index is -0.275. The van der Waals surface area contributed by atoms with Crippen LogP contribution in [0.1, 0.15) is 44.5 Å². The molecular formula is C16H30N4O2S. The van der Waals surface area contributed by atoms with Gasteiger partial charge < -0.3 is 19.7 Å². The van der Waals surface area contributed by atoms with Crippen molar-refractivity contribution < 1.29 is 9.47 Å². The molecule has 0 saturated carbocycles. The molecule has 1 unspecified atom stereocenters. The van der Waals surface area contributed by atoms with Crippen LogP contribution in [0.5, 0.6) is 0 Å². The molecule has 0 aromatic carbocycles. The van der Waals surface area contributed by atoms with Crippen LogP contribution in [0.15, 0.2) is 10.4 Å². The number of guanidine groups is 1. The predicted molar refractivity (Wildman–Crippen MR) is 96.1 cm³/mol. The summed E-state index contributed by atoms with van der Waals surface area (Å²) in [6.07, 6.45) is 0.0310. The van der Waals surface area contributed by atoms with Crippen molar-refractivity contribution >= 4 is 17.3 Å². The van der Waals surface area contributed by atoms with Crippen LogP contribution in [0.3, 0.4) is 0 Å². The molecule has 0 amide bonds. The topological polar surface area (TPSA) is 59.0 Å². The van der Waals surface area contributed by atoms with E-state index in [1.165, 1.54) is 0 Å². The molecular weight excluding hydrogens is 312 g/mol. The number of hydrogen-bond acceptors (Lipinski definition) is 5. The lowest BCUT2D eigenvalue weighted by molar-refractivity contribution is 0.0309. The molecule has 1 aromatic rings. The maximum absolute atomic E-state index is 5.43. The molecule has 0 radical (unpaired) electrons. The summed E-state index contributed by atoms with van der Waals surface area (Å²) in [4.78, 5) is 11.4. The van der Waals surface area contributed by atoms with Crippen LogP contribution < -0.4 is 5.32 Å². The maximum Gasteiger partial charge on any atom is 0.194 e. The molecule has 0 fully saturated rings. The van der Waals surface area contributed by atoms with Gasteiger partial charge in [0, 0.05) is 33.2 Å². The molecule has 0 bridgehead atoms. The summed E-state index contributed by atoms with van der Waals surface area (Å²) in [7, 11) is 5.42. The summed E-state index contributed by atoms with van der Waals surface area (Å²) in [5.41, 5.74) is 0.747. The van der Waals surface area contributed by atoms with E-state index in [4.69, 9.17) is 9.47 Å². The van der Waals surface area contributed by atoms with Crippen molar-refractivity contribution in [2.24, 2.45) is 4.99 Å². The fourth-order valence-electron chi connectivity index (χ4n) is 1.80. The second-order valence-corrected chi connectivity index (χ2v) is 6.93. The van der Waals surface area contributed by atoms with Gasteiger partial charge in [-0.15, -0.1) is 11.3 Å². The lowest BCUT2D eigenvalue weighted by Gasteiger charge is -2.24. The molecule has 1 atom stereocenters. The van der Waals surface area contributed by atoms with E-state index in [-0.39, 0.29) is 11.7 Å². The number of methoxy groups -OCH3 is 2. The highest BCUT2D eigenvalue weighted by Gasteiger charge is 2.17. The minimum Gasteiger partial charge on any atom is -0.377 e. The zero-order valence-corrected chi connectivity index (χ0v) is 16.2. The van der Waals surface area contributed by atoms with Gasteiger partial charge in [0.1, 0.15) is 11.1 Å². The standard InChI is InChI=1S/C16H30N4O2S/c1-8-17-15(18-11-16(3,4)22-7)20(5)9-13-10-23-14(19-13)12(2)21-6/h10,12H,8-9,11H2,1-7H3,(H,17,18). The van der Waals surface area contributed by atoms with Crippen LogP contribution >= 0.6 is 11.3 Å². The van der Waals surface area contributed by atoms with Crippen LogP contribution in [0, 0.1) is 0 Å². The first-order valence-corrected chi connectivity index (χ1v) is 8.72. The van der Waals surface area contributed by atoms with Crippen molar-refractivity contribution in [3.05, 3.63) is 16.1 Å². The highest BCUT2D eigenvalue weighted by atomic mass is 32.1. The van der Waals surface area contributed by atoms with Crippen molar-refractivity contribution in [1.82, 2.24) is 15.2 Å². The Kier molecular flexibility index (Phi) is 7.94. The lowest BCUT2D eigenvalue weighted by Crippen LogP contribution is -2.40. The molecule has 0 saturated heterocycles. The Morgan fingerprint density at radius 1 is 1.48 bits per heavy atom. The Bertz CT molecular complexity index is 502. The molecule has 132 valence electrons. The van der Waals surface area contributed by atoms with E-state index in [2.05, 4.69) is 32.5 Å². The number of aromatic nitrogens is 1.